The van der Waals surface area contributed by atoms with Gasteiger partial charge >= 0.3 is 5.97 Å². The Balaban J connectivity index is 1.43. The van der Waals surface area contributed by atoms with Crippen LogP contribution in [-0.2, 0) is 33.8 Å². The predicted molar refractivity (Wildman–Crippen MR) is 171 cm³/mol. The van der Waals surface area contributed by atoms with Gasteiger partial charge in [0.25, 0.3) is 0 Å². The third kappa shape index (κ3) is 11.6. The van der Waals surface area contributed by atoms with Crippen LogP contribution >= 0.6 is 0 Å². The number of benzene rings is 2. The van der Waals surface area contributed by atoms with Crippen LogP contribution in [0.1, 0.15) is 81.5 Å². The van der Waals surface area contributed by atoms with Crippen molar-refractivity contribution in [1.29, 1.82) is 0 Å². The van der Waals surface area contributed by atoms with Crippen molar-refractivity contribution in [3.8, 4) is 0 Å². The molecule has 0 fully saturated rings. The summed E-state index contributed by atoms with van der Waals surface area (Å²) in [5, 5.41) is 12.3. The molecule has 1 amide bonds. The molecule has 2 N–H and O–H groups in total. The molecule has 1 aromatic heterocycles. The number of nitrogens with one attached hydrogen (secondary N) is 1. The van der Waals surface area contributed by atoms with Gasteiger partial charge < -0.3 is 15.2 Å². The number of aliphatic carboxylic acids is 1. The SMILES string of the molecule is CCC(C)C(CC(=O)Nc1cccc(/C=C/c2cccc(COCCCCc3ccc(CC(C)C)cc3)n2)c1)C(=O)O. The normalized spacial score (nSPS) is 12.9. The number of aryl methyl sites for hydroxylation is 1. The Morgan fingerprint density at radius 1 is 0.952 bits per heavy atom. The zero-order chi connectivity index (χ0) is 30.3. The minimum atomic E-state index is -0.935. The van der Waals surface area contributed by atoms with E-state index >= 15 is 0 Å². The van der Waals surface area contributed by atoms with Crippen molar-refractivity contribution in [2.75, 3.05) is 11.9 Å². The number of anilines is 1. The summed E-state index contributed by atoms with van der Waals surface area (Å²) in [6.07, 6.45) is 8.83. The molecule has 0 aliphatic heterocycles. The first-order chi connectivity index (χ1) is 20.2. The number of hydrogen-bond acceptors (Lipinski definition) is 4. The molecule has 0 saturated heterocycles. The Kier molecular flexibility index (Phi) is 13.4. The number of amides is 1. The lowest BCUT2D eigenvalue weighted by atomic mass is 9.89. The van der Waals surface area contributed by atoms with E-state index in [1.807, 2.05) is 62.4 Å². The van der Waals surface area contributed by atoms with Crippen LogP contribution in [0.3, 0.4) is 0 Å². The fourth-order valence-corrected chi connectivity index (χ4v) is 4.82. The van der Waals surface area contributed by atoms with E-state index in [9.17, 15) is 14.7 Å². The largest absolute Gasteiger partial charge is 0.481 e. The molecule has 6 heteroatoms. The lowest BCUT2D eigenvalue weighted by Gasteiger charge is -2.18. The first-order valence-corrected chi connectivity index (χ1v) is 15.2. The number of hydrogen-bond donors (Lipinski definition) is 2. The van der Waals surface area contributed by atoms with Crippen LogP contribution in [0.5, 0.6) is 0 Å². The molecule has 2 unspecified atom stereocenters. The summed E-state index contributed by atoms with van der Waals surface area (Å²) in [4.78, 5) is 28.8. The number of carbonyl (C=O) groups excluding carboxylic acids is 1. The predicted octanol–water partition coefficient (Wildman–Crippen LogP) is 8.07. The van der Waals surface area contributed by atoms with E-state index in [4.69, 9.17) is 4.74 Å². The van der Waals surface area contributed by atoms with Crippen molar-refractivity contribution in [2.45, 2.75) is 72.8 Å². The van der Waals surface area contributed by atoms with Gasteiger partial charge in [0, 0.05) is 18.7 Å². The highest BCUT2D eigenvalue weighted by Crippen LogP contribution is 2.21. The number of aromatic nitrogens is 1. The highest BCUT2D eigenvalue weighted by molar-refractivity contribution is 5.93. The average Bonchev–Trinajstić information content (AvgIpc) is 2.97. The smallest absolute Gasteiger partial charge is 0.307 e. The zero-order valence-electron chi connectivity index (χ0n) is 25.5. The molecule has 0 aliphatic carbocycles. The van der Waals surface area contributed by atoms with E-state index in [0.717, 1.165) is 42.6 Å². The number of pyridine rings is 1. The molecule has 0 radical (unpaired) electrons. The van der Waals surface area contributed by atoms with Crippen LogP contribution in [0, 0.1) is 17.8 Å². The fourth-order valence-electron chi connectivity index (χ4n) is 4.82. The van der Waals surface area contributed by atoms with Gasteiger partial charge in [0.15, 0.2) is 0 Å². The van der Waals surface area contributed by atoms with E-state index < -0.39 is 11.9 Å². The quantitative estimate of drug-likeness (QED) is 0.160. The van der Waals surface area contributed by atoms with Crippen molar-refractivity contribution in [3.63, 3.8) is 0 Å². The topological polar surface area (TPSA) is 88.5 Å². The Hall–Kier alpha value is -3.77. The number of carbonyl (C=O) groups is 2. The molecule has 42 heavy (non-hydrogen) atoms. The van der Waals surface area contributed by atoms with Crippen LogP contribution in [0.15, 0.2) is 66.7 Å². The monoisotopic (exact) mass is 570 g/mol. The van der Waals surface area contributed by atoms with Gasteiger partial charge in [0.1, 0.15) is 0 Å². The molecular weight excluding hydrogens is 524 g/mol. The van der Waals surface area contributed by atoms with Gasteiger partial charge in [0.05, 0.1) is 23.9 Å². The first kappa shape index (κ1) is 32.7. The number of nitrogens with zero attached hydrogens (tertiary/aromatic N) is 1. The van der Waals surface area contributed by atoms with Gasteiger partial charge in [-0.3, -0.25) is 14.6 Å². The summed E-state index contributed by atoms with van der Waals surface area (Å²) in [5.74, 6) is -1.32. The summed E-state index contributed by atoms with van der Waals surface area (Å²) < 4.78 is 5.89. The number of ether oxygens (including phenoxy) is 1. The number of carboxylic acids is 1. The van der Waals surface area contributed by atoms with Crippen molar-refractivity contribution < 1.29 is 19.4 Å². The summed E-state index contributed by atoms with van der Waals surface area (Å²) in [7, 11) is 0. The molecule has 0 aliphatic rings. The Bertz CT molecular complexity index is 1300. The van der Waals surface area contributed by atoms with Crippen LogP contribution in [-0.4, -0.2) is 28.6 Å². The zero-order valence-corrected chi connectivity index (χ0v) is 25.5. The molecule has 6 nitrogen and oxygen atoms in total. The van der Waals surface area contributed by atoms with Gasteiger partial charge in [0.2, 0.25) is 5.91 Å². The van der Waals surface area contributed by atoms with Crippen LogP contribution in [0.25, 0.3) is 12.2 Å². The van der Waals surface area contributed by atoms with Crippen molar-refractivity contribution in [3.05, 3.63) is 94.8 Å². The summed E-state index contributed by atoms with van der Waals surface area (Å²) >= 11 is 0. The number of carboxylic acid groups (broad SMARTS) is 1. The first-order valence-electron chi connectivity index (χ1n) is 15.2. The van der Waals surface area contributed by atoms with Gasteiger partial charge in [-0.2, -0.15) is 0 Å². The van der Waals surface area contributed by atoms with Crippen LogP contribution in [0.2, 0.25) is 0 Å². The minimum Gasteiger partial charge on any atom is -0.481 e. The second-order valence-corrected chi connectivity index (χ2v) is 11.5. The lowest BCUT2D eigenvalue weighted by Crippen LogP contribution is -2.27. The lowest BCUT2D eigenvalue weighted by molar-refractivity contribution is -0.145. The molecule has 2 aromatic carbocycles. The number of rotatable bonds is 17. The van der Waals surface area contributed by atoms with E-state index in [1.54, 1.807) is 6.07 Å². The molecule has 2 atom stereocenters. The second kappa shape index (κ2) is 17.2. The van der Waals surface area contributed by atoms with Crippen molar-refractivity contribution in [1.82, 2.24) is 4.98 Å². The summed E-state index contributed by atoms with van der Waals surface area (Å²) in [5.41, 5.74) is 6.03. The van der Waals surface area contributed by atoms with E-state index in [0.29, 0.717) is 31.2 Å². The minimum absolute atomic E-state index is 0.0461. The molecule has 0 saturated carbocycles. The van der Waals surface area contributed by atoms with E-state index in [2.05, 4.69) is 48.4 Å². The maximum Gasteiger partial charge on any atom is 0.307 e. The third-order valence-electron chi connectivity index (χ3n) is 7.42. The summed E-state index contributed by atoms with van der Waals surface area (Å²) in [6, 6.07) is 22.3. The Labute approximate surface area is 251 Å². The Morgan fingerprint density at radius 2 is 1.69 bits per heavy atom. The fraction of sp³-hybridized carbons (Fsp3) is 0.417. The Morgan fingerprint density at radius 3 is 2.40 bits per heavy atom. The highest BCUT2D eigenvalue weighted by atomic mass is 16.5. The molecule has 0 spiro atoms. The van der Waals surface area contributed by atoms with Gasteiger partial charge in [-0.05, 0) is 84.6 Å². The van der Waals surface area contributed by atoms with Crippen LogP contribution in [0.4, 0.5) is 5.69 Å². The van der Waals surface area contributed by atoms with Crippen molar-refractivity contribution >= 4 is 29.7 Å². The van der Waals surface area contributed by atoms with Gasteiger partial charge in [-0.25, -0.2) is 0 Å². The molecule has 0 bridgehead atoms. The molecule has 224 valence electrons. The maximum absolute atomic E-state index is 12.5. The van der Waals surface area contributed by atoms with Crippen molar-refractivity contribution in [2.24, 2.45) is 17.8 Å². The average molecular weight is 571 g/mol. The molecule has 1 heterocycles. The van der Waals surface area contributed by atoms with E-state index in [-0.39, 0.29) is 18.2 Å². The third-order valence-corrected chi connectivity index (χ3v) is 7.42. The van der Waals surface area contributed by atoms with Gasteiger partial charge in [-0.1, -0.05) is 82.7 Å². The second-order valence-electron chi connectivity index (χ2n) is 11.5. The number of unbranched alkanes of at least 4 members (excludes halogenated alkanes) is 1. The molecule has 3 rings (SSSR count). The van der Waals surface area contributed by atoms with Gasteiger partial charge in [-0.15, -0.1) is 0 Å². The molecule has 3 aromatic rings. The highest BCUT2D eigenvalue weighted by Gasteiger charge is 2.26. The van der Waals surface area contributed by atoms with E-state index in [1.165, 1.54) is 11.1 Å². The standard InChI is InChI=1S/C36H46N2O4/c1-5-27(4)34(36(40)41)24-35(39)38-32-13-8-11-29(23-32)19-20-31-12-9-14-33(37-31)25-42-21-7-6-10-28-15-17-30(18-16-28)22-26(2)3/h8-9,11-20,23,26-27,34H,5-7,10,21-22,24-25H2,1-4H3,(H,38,39)(H,40,41)/b20-19+. The van der Waals surface area contributed by atoms with Crippen LogP contribution < -0.4 is 5.32 Å². The maximum atomic E-state index is 12.5. The molecular formula is C36H46N2O4. The summed E-state index contributed by atoms with van der Waals surface area (Å²) in [6.45, 7) is 9.47.